The molecule has 216 valence electrons. The summed E-state index contributed by atoms with van der Waals surface area (Å²) >= 11 is 0. The molecule has 1 saturated heterocycles. The molecule has 0 radical (unpaired) electrons. The molecule has 2 heterocycles. The molecular formula is C41H35NO2. The zero-order chi connectivity index (χ0) is 30.1. The lowest BCUT2D eigenvalue weighted by Crippen LogP contribution is -2.35. The first-order valence-electron chi connectivity index (χ1n) is 15.6. The van der Waals surface area contributed by atoms with Crippen molar-refractivity contribution < 1.29 is 9.84 Å². The van der Waals surface area contributed by atoms with Gasteiger partial charge in [0.25, 0.3) is 0 Å². The Bertz CT molecular complexity index is 2010. The Kier molecular flexibility index (Phi) is 6.02. The number of piperidine rings is 1. The Morgan fingerprint density at radius 1 is 0.795 bits per heavy atom. The zero-order valence-corrected chi connectivity index (χ0v) is 25.2. The SMILES string of the molecule is C#CC1(O)c2cc(C)ccc2-c2c1c1c(c3cc(C)ccc23)OC(c2ccccc2)(c2ccc(N3CCCCC3)cc2)C=C1. The van der Waals surface area contributed by atoms with E-state index in [2.05, 4.69) is 109 Å². The first kappa shape index (κ1) is 26.8. The van der Waals surface area contributed by atoms with E-state index >= 15 is 0 Å². The van der Waals surface area contributed by atoms with Crippen LogP contribution < -0.4 is 9.64 Å². The Labute approximate surface area is 259 Å². The predicted molar refractivity (Wildman–Crippen MR) is 180 cm³/mol. The van der Waals surface area contributed by atoms with Crippen LogP contribution >= 0.6 is 0 Å². The van der Waals surface area contributed by atoms with Gasteiger partial charge in [-0.15, -0.1) is 6.42 Å². The van der Waals surface area contributed by atoms with Gasteiger partial charge in [-0.2, -0.15) is 0 Å². The summed E-state index contributed by atoms with van der Waals surface area (Å²) in [4.78, 5) is 2.48. The van der Waals surface area contributed by atoms with Gasteiger partial charge < -0.3 is 14.7 Å². The van der Waals surface area contributed by atoms with Crippen LogP contribution in [0.5, 0.6) is 5.75 Å². The second kappa shape index (κ2) is 9.88. The average Bonchev–Trinajstić information content (AvgIpc) is 3.33. The number of rotatable bonds is 3. The number of anilines is 1. The topological polar surface area (TPSA) is 32.7 Å². The van der Waals surface area contributed by atoms with Crippen molar-refractivity contribution in [2.45, 2.75) is 44.3 Å². The van der Waals surface area contributed by atoms with Crippen molar-refractivity contribution in [3.63, 3.8) is 0 Å². The minimum Gasteiger partial charge on any atom is -0.472 e. The molecule has 2 aliphatic heterocycles. The van der Waals surface area contributed by atoms with Crippen LogP contribution in [0, 0.1) is 26.2 Å². The van der Waals surface area contributed by atoms with E-state index in [0.29, 0.717) is 0 Å². The van der Waals surface area contributed by atoms with Gasteiger partial charge in [0.15, 0.2) is 11.2 Å². The number of hydrogen-bond donors (Lipinski definition) is 1. The number of benzene rings is 5. The number of nitrogens with zero attached hydrogens (tertiary/aromatic N) is 1. The maximum Gasteiger partial charge on any atom is 0.178 e. The molecule has 3 nitrogen and oxygen atoms in total. The predicted octanol–water partition coefficient (Wildman–Crippen LogP) is 8.65. The van der Waals surface area contributed by atoms with Crippen LogP contribution in [-0.4, -0.2) is 18.2 Å². The molecule has 0 amide bonds. The van der Waals surface area contributed by atoms with Crippen LogP contribution in [0.15, 0.2) is 97.1 Å². The van der Waals surface area contributed by atoms with Gasteiger partial charge in [-0.05, 0) is 73.9 Å². The third-order valence-electron chi connectivity index (χ3n) is 9.83. The molecule has 2 atom stereocenters. The van der Waals surface area contributed by atoms with Crippen LogP contribution in [0.1, 0.15) is 58.2 Å². The maximum atomic E-state index is 12.3. The van der Waals surface area contributed by atoms with Gasteiger partial charge in [0.05, 0.1) is 0 Å². The smallest absolute Gasteiger partial charge is 0.178 e. The van der Waals surface area contributed by atoms with E-state index in [1.807, 2.05) is 19.1 Å². The van der Waals surface area contributed by atoms with E-state index < -0.39 is 11.2 Å². The van der Waals surface area contributed by atoms with E-state index in [1.54, 1.807) is 0 Å². The summed E-state index contributed by atoms with van der Waals surface area (Å²) in [7, 11) is 0. The molecule has 44 heavy (non-hydrogen) atoms. The normalized spacial score (nSPS) is 21.7. The van der Waals surface area contributed by atoms with Gasteiger partial charge in [0.2, 0.25) is 0 Å². The number of hydrogen-bond acceptors (Lipinski definition) is 3. The highest BCUT2D eigenvalue weighted by molar-refractivity contribution is 6.09. The van der Waals surface area contributed by atoms with Gasteiger partial charge in [0.1, 0.15) is 5.75 Å². The maximum absolute atomic E-state index is 12.3. The first-order chi connectivity index (χ1) is 21.4. The fraction of sp³-hybridized carbons (Fsp3) is 0.220. The summed E-state index contributed by atoms with van der Waals surface area (Å²) in [5.41, 5.74) is 7.39. The standard InChI is InChI=1S/C41H35NO2/c1-4-40(43)36-26-28(3)14-20-33(36)37-32-19-13-27(2)25-35(32)39-34(38(37)40)21-22-41(44-39,29-11-7-5-8-12-29)30-15-17-31(18-16-30)42-23-9-6-10-24-42/h1,5,7-8,11-22,25-26,43H,6,9-10,23-24H2,2-3H3. The van der Waals surface area contributed by atoms with Crippen LogP contribution in [0.4, 0.5) is 5.69 Å². The van der Waals surface area contributed by atoms with Gasteiger partial charge in [-0.25, -0.2) is 0 Å². The number of terminal acetylenes is 1. The number of fused-ring (bicyclic) bond motifs is 8. The third-order valence-corrected chi connectivity index (χ3v) is 9.83. The van der Waals surface area contributed by atoms with E-state index in [9.17, 15) is 5.11 Å². The molecule has 3 heteroatoms. The molecule has 0 bridgehead atoms. The van der Waals surface area contributed by atoms with Crippen LogP contribution in [0.25, 0.3) is 28.0 Å². The molecule has 3 aliphatic rings. The summed E-state index contributed by atoms with van der Waals surface area (Å²) in [6.45, 7) is 6.34. The highest BCUT2D eigenvalue weighted by Gasteiger charge is 2.47. The van der Waals surface area contributed by atoms with Crippen LogP contribution in [-0.2, 0) is 11.2 Å². The summed E-state index contributed by atoms with van der Waals surface area (Å²) in [6.07, 6.45) is 14.3. The molecule has 5 aromatic rings. The van der Waals surface area contributed by atoms with Gasteiger partial charge in [-0.1, -0.05) is 95.9 Å². The zero-order valence-electron chi connectivity index (χ0n) is 25.2. The summed E-state index contributed by atoms with van der Waals surface area (Å²) in [6, 6.07) is 32.0. The minimum atomic E-state index is -1.57. The lowest BCUT2D eigenvalue weighted by Gasteiger charge is -2.38. The number of aliphatic hydroxyl groups is 1. The van der Waals surface area contributed by atoms with Crippen molar-refractivity contribution in [1.29, 1.82) is 0 Å². The van der Waals surface area contributed by atoms with E-state index in [-0.39, 0.29) is 0 Å². The summed E-state index contributed by atoms with van der Waals surface area (Å²) in [5, 5.41) is 14.3. The van der Waals surface area contributed by atoms with Gasteiger partial charge in [0, 0.05) is 52.0 Å². The van der Waals surface area contributed by atoms with E-state index in [0.717, 1.165) is 79.7 Å². The average molecular weight is 574 g/mol. The summed E-state index contributed by atoms with van der Waals surface area (Å²) in [5.74, 6) is 3.53. The quantitative estimate of drug-likeness (QED) is 0.219. The van der Waals surface area contributed by atoms with Crippen molar-refractivity contribution in [3.8, 4) is 29.2 Å². The van der Waals surface area contributed by atoms with Crippen molar-refractivity contribution in [1.82, 2.24) is 0 Å². The van der Waals surface area contributed by atoms with Crippen molar-refractivity contribution in [3.05, 3.63) is 136 Å². The lowest BCUT2D eigenvalue weighted by molar-refractivity contribution is 0.144. The van der Waals surface area contributed by atoms with Crippen LogP contribution in [0.2, 0.25) is 0 Å². The number of aryl methyl sites for hydroxylation is 2. The Morgan fingerprint density at radius 3 is 2.25 bits per heavy atom. The molecule has 2 unspecified atom stereocenters. The highest BCUT2D eigenvalue weighted by Crippen LogP contribution is 2.57. The van der Waals surface area contributed by atoms with Gasteiger partial charge in [-0.3, -0.25) is 0 Å². The van der Waals surface area contributed by atoms with Crippen LogP contribution in [0.3, 0.4) is 0 Å². The molecule has 0 saturated carbocycles. The molecule has 1 aliphatic carbocycles. The van der Waals surface area contributed by atoms with E-state index in [1.165, 1.54) is 24.9 Å². The molecule has 1 fully saturated rings. The Balaban J connectivity index is 1.38. The second-order valence-corrected chi connectivity index (χ2v) is 12.6. The van der Waals surface area contributed by atoms with E-state index in [4.69, 9.17) is 11.2 Å². The van der Waals surface area contributed by atoms with Crippen molar-refractivity contribution in [2.75, 3.05) is 18.0 Å². The highest BCUT2D eigenvalue weighted by atomic mass is 16.5. The molecule has 0 spiro atoms. The number of ether oxygens (including phenoxy) is 1. The fourth-order valence-corrected chi connectivity index (χ4v) is 7.61. The Morgan fingerprint density at radius 2 is 1.50 bits per heavy atom. The largest absolute Gasteiger partial charge is 0.472 e. The molecule has 5 aromatic carbocycles. The molecule has 0 aromatic heterocycles. The van der Waals surface area contributed by atoms with Crippen molar-refractivity contribution in [2.24, 2.45) is 0 Å². The Hall–Kier alpha value is -4.78. The lowest BCUT2D eigenvalue weighted by atomic mass is 9.80. The van der Waals surface area contributed by atoms with Gasteiger partial charge >= 0.3 is 0 Å². The third kappa shape index (κ3) is 3.81. The fourth-order valence-electron chi connectivity index (χ4n) is 7.61. The molecular weight excluding hydrogens is 538 g/mol. The van der Waals surface area contributed by atoms with Crippen molar-refractivity contribution >= 4 is 22.5 Å². The minimum absolute atomic E-state index is 0.727. The monoisotopic (exact) mass is 573 g/mol. The second-order valence-electron chi connectivity index (χ2n) is 12.6. The molecule has 8 rings (SSSR count). The summed E-state index contributed by atoms with van der Waals surface area (Å²) < 4.78 is 7.35. The molecule has 1 N–H and O–H groups in total. The first-order valence-corrected chi connectivity index (χ1v) is 15.6.